The molecule has 0 radical (unpaired) electrons. The van der Waals surface area contributed by atoms with E-state index in [1.807, 2.05) is 42.9 Å². The normalized spacial score (nSPS) is 11.6. The van der Waals surface area contributed by atoms with Crippen molar-refractivity contribution in [1.82, 2.24) is 14.8 Å². The number of hydrogen-bond acceptors (Lipinski definition) is 4. The Hall–Kier alpha value is -2.47. The third-order valence-electron chi connectivity index (χ3n) is 3.84. The lowest BCUT2D eigenvalue weighted by Gasteiger charge is -2.06. The van der Waals surface area contributed by atoms with Crippen molar-refractivity contribution in [3.8, 4) is 11.3 Å². The second-order valence-electron chi connectivity index (χ2n) is 5.93. The summed E-state index contributed by atoms with van der Waals surface area (Å²) in [6.07, 6.45) is 3.03. The zero-order chi connectivity index (χ0) is 17.3. The summed E-state index contributed by atoms with van der Waals surface area (Å²) >= 11 is 0. The van der Waals surface area contributed by atoms with Gasteiger partial charge in [-0.2, -0.15) is 5.10 Å². The number of sulfone groups is 1. The molecule has 3 aromatic rings. The van der Waals surface area contributed by atoms with Crippen LogP contribution in [-0.2, 0) is 16.4 Å². The summed E-state index contributed by atoms with van der Waals surface area (Å²) in [5.41, 5.74) is 4.89. The van der Waals surface area contributed by atoms with Gasteiger partial charge in [0.05, 0.1) is 22.8 Å². The monoisotopic (exact) mass is 341 g/mol. The molecule has 0 N–H and O–H groups in total. The molecule has 5 nitrogen and oxygen atoms in total. The fourth-order valence-electron chi connectivity index (χ4n) is 2.57. The minimum Gasteiger partial charge on any atom is -0.265 e. The van der Waals surface area contributed by atoms with Gasteiger partial charge >= 0.3 is 0 Å². The van der Waals surface area contributed by atoms with Gasteiger partial charge in [0.2, 0.25) is 0 Å². The largest absolute Gasteiger partial charge is 0.265 e. The molecule has 0 aliphatic rings. The third-order valence-corrected chi connectivity index (χ3v) is 4.97. The lowest BCUT2D eigenvalue weighted by atomic mass is 10.1. The maximum Gasteiger partial charge on any atom is 0.175 e. The van der Waals surface area contributed by atoms with E-state index in [0.29, 0.717) is 11.4 Å². The van der Waals surface area contributed by atoms with Gasteiger partial charge in [0.15, 0.2) is 9.84 Å². The highest BCUT2D eigenvalue weighted by Crippen LogP contribution is 2.20. The van der Waals surface area contributed by atoms with Crippen LogP contribution in [0.2, 0.25) is 0 Å². The van der Waals surface area contributed by atoms with Gasteiger partial charge in [-0.25, -0.2) is 8.42 Å². The standard InChI is InChI=1S/C18H19N3O2S/c1-13-10-14(2)21(20-13)12-15-4-9-18(19-11-15)16-5-7-17(8-6-16)24(3,22)23/h4-11H,12H2,1-3H3. The molecule has 0 saturated carbocycles. The van der Waals surface area contributed by atoms with Gasteiger partial charge in [0, 0.05) is 23.7 Å². The first kappa shape index (κ1) is 16.4. The molecule has 124 valence electrons. The molecule has 0 bridgehead atoms. The second kappa shape index (κ2) is 6.20. The highest BCUT2D eigenvalue weighted by molar-refractivity contribution is 7.90. The maximum absolute atomic E-state index is 11.5. The van der Waals surface area contributed by atoms with Crippen molar-refractivity contribution in [2.24, 2.45) is 0 Å². The number of pyridine rings is 1. The Morgan fingerprint density at radius 3 is 2.25 bits per heavy atom. The van der Waals surface area contributed by atoms with Crippen LogP contribution in [0.25, 0.3) is 11.3 Å². The molecule has 24 heavy (non-hydrogen) atoms. The molecule has 0 saturated heterocycles. The van der Waals surface area contributed by atoms with Gasteiger partial charge in [0.25, 0.3) is 0 Å². The summed E-state index contributed by atoms with van der Waals surface area (Å²) in [5, 5.41) is 4.45. The topological polar surface area (TPSA) is 64.8 Å². The molecule has 0 unspecified atom stereocenters. The predicted molar refractivity (Wildman–Crippen MR) is 93.6 cm³/mol. The highest BCUT2D eigenvalue weighted by atomic mass is 32.2. The lowest BCUT2D eigenvalue weighted by Crippen LogP contribution is -2.04. The van der Waals surface area contributed by atoms with Crippen LogP contribution in [0.4, 0.5) is 0 Å². The minimum atomic E-state index is -3.18. The van der Waals surface area contributed by atoms with E-state index in [-0.39, 0.29) is 0 Å². The molecule has 0 aliphatic heterocycles. The van der Waals surface area contributed by atoms with Crippen molar-refractivity contribution in [1.29, 1.82) is 0 Å². The summed E-state index contributed by atoms with van der Waals surface area (Å²) in [6, 6.07) is 12.8. The van der Waals surface area contributed by atoms with E-state index in [0.717, 1.165) is 28.2 Å². The number of aryl methyl sites for hydroxylation is 2. The van der Waals surface area contributed by atoms with Crippen LogP contribution in [0.3, 0.4) is 0 Å². The number of benzene rings is 1. The van der Waals surface area contributed by atoms with Crippen LogP contribution in [0, 0.1) is 13.8 Å². The van der Waals surface area contributed by atoms with Crippen molar-refractivity contribution in [2.75, 3.05) is 6.26 Å². The molecule has 0 fully saturated rings. The van der Waals surface area contributed by atoms with Crippen molar-refractivity contribution >= 4 is 9.84 Å². The Balaban J connectivity index is 1.80. The van der Waals surface area contributed by atoms with Crippen LogP contribution < -0.4 is 0 Å². The van der Waals surface area contributed by atoms with E-state index in [1.54, 1.807) is 24.3 Å². The van der Waals surface area contributed by atoms with Gasteiger partial charge in [-0.3, -0.25) is 9.67 Å². The van der Waals surface area contributed by atoms with Crippen LogP contribution in [-0.4, -0.2) is 29.4 Å². The zero-order valence-electron chi connectivity index (χ0n) is 13.9. The number of hydrogen-bond donors (Lipinski definition) is 0. The van der Waals surface area contributed by atoms with Gasteiger partial charge in [-0.05, 0) is 43.7 Å². The van der Waals surface area contributed by atoms with E-state index in [4.69, 9.17) is 0 Å². The van der Waals surface area contributed by atoms with Gasteiger partial charge in [-0.1, -0.05) is 18.2 Å². The summed E-state index contributed by atoms with van der Waals surface area (Å²) in [6.45, 7) is 4.69. The molecule has 0 aliphatic carbocycles. The van der Waals surface area contributed by atoms with Crippen molar-refractivity contribution in [3.05, 3.63) is 65.6 Å². The molecule has 2 aromatic heterocycles. The number of aromatic nitrogens is 3. The van der Waals surface area contributed by atoms with Crippen LogP contribution in [0.1, 0.15) is 17.0 Å². The van der Waals surface area contributed by atoms with Crippen molar-refractivity contribution < 1.29 is 8.42 Å². The second-order valence-corrected chi connectivity index (χ2v) is 7.95. The van der Waals surface area contributed by atoms with Crippen molar-refractivity contribution in [3.63, 3.8) is 0 Å². The Morgan fingerprint density at radius 2 is 1.75 bits per heavy atom. The van der Waals surface area contributed by atoms with Gasteiger partial charge in [0.1, 0.15) is 0 Å². The Labute approximate surface area is 141 Å². The molecule has 0 amide bonds. The van der Waals surface area contributed by atoms with E-state index < -0.39 is 9.84 Å². The average Bonchev–Trinajstić information content (AvgIpc) is 2.85. The minimum absolute atomic E-state index is 0.312. The van der Waals surface area contributed by atoms with E-state index in [1.165, 1.54) is 6.26 Å². The highest BCUT2D eigenvalue weighted by Gasteiger charge is 2.08. The molecule has 3 rings (SSSR count). The summed E-state index contributed by atoms with van der Waals surface area (Å²) < 4.78 is 25.0. The summed E-state index contributed by atoms with van der Waals surface area (Å²) in [4.78, 5) is 4.80. The summed E-state index contributed by atoms with van der Waals surface area (Å²) in [7, 11) is -3.18. The van der Waals surface area contributed by atoms with Crippen LogP contribution in [0.15, 0.2) is 53.6 Å². The molecule has 0 atom stereocenters. The third kappa shape index (κ3) is 3.54. The number of rotatable bonds is 4. The predicted octanol–water partition coefficient (Wildman–Crippen LogP) is 3.01. The average molecular weight is 341 g/mol. The number of nitrogens with zero attached hydrogens (tertiary/aromatic N) is 3. The summed E-state index contributed by atoms with van der Waals surface area (Å²) in [5.74, 6) is 0. The molecule has 2 heterocycles. The Morgan fingerprint density at radius 1 is 1.04 bits per heavy atom. The maximum atomic E-state index is 11.5. The molecule has 0 spiro atoms. The van der Waals surface area contributed by atoms with Gasteiger partial charge in [-0.15, -0.1) is 0 Å². The fourth-order valence-corrected chi connectivity index (χ4v) is 3.20. The molecule has 1 aromatic carbocycles. The zero-order valence-corrected chi connectivity index (χ0v) is 14.7. The van der Waals surface area contributed by atoms with E-state index in [2.05, 4.69) is 10.1 Å². The smallest absolute Gasteiger partial charge is 0.175 e. The van der Waals surface area contributed by atoms with Crippen molar-refractivity contribution in [2.45, 2.75) is 25.3 Å². The first-order chi connectivity index (χ1) is 11.3. The molecule has 6 heteroatoms. The lowest BCUT2D eigenvalue weighted by molar-refractivity contribution is 0.602. The SMILES string of the molecule is Cc1cc(C)n(Cc2ccc(-c3ccc(S(C)(=O)=O)cc3)nc2)n1. The van der Waals surface area contributed by atoms with E-state index in [9.17, 15) is 8.42 Å². The Bertz CT molecular complexity index is 957. The molecular weight excluding hydrogens is 322 g/mol. The first-order valence-electron chi connectivity index (χ1n) is 7.59. The van der Waals surface area contributed by atoms with Crippen LogP contribution >= 0.6 is 0 Å². The first-order valence-corrected chi connectivity index (χ1v) is 9.48. The van der Waals surface area contributed by atoms with Crippen LogP contribution in [0.5, 0.6) is 0 Å². The van der Waals surface area contributed by atoms with Gasteiger partial charge < -0.3 is 0 Å². The van der Waals surface area contributed by atoms with E-state index >= 15 is 0 Å². The Kier molecular flexibility index (Phi) is 4.24. The quantitative estimate of drug-likeness (QED) is 0.732. The molecular formula is C18H19N3O2S. The fraction of sp³-hybridized carbons (Fsp3) is 0.222.